The van der Waals surface area contributed by atoms with Crippen LogP contribution in [0.25, 0.3) is 11.1 Å². The van der Waals surface area contributed by atoms with Crippen LogP contribution in [0.15, 0.2) is 54.6 Å². The molecule has 6 heteroatoms. The van der Waals surface area contributed by atoms with Gasteiger partial charge in [-0.05, 0) is 36.2 Å². The van der Waals surface area contributed by atoms with Crippen molar-refractivity contribution in [2.75, 3.05) is 20.3 Å². The number of ether oxygens (including phenoxy) is 3. The van der Waals surface area contributed by atoms with Crippen molar-refractivity contribution < 1.29 is 14.2 Å². The Morgan fingerprint density at radius 2 is 1.83 bits per heavy atom. The van der Waals surface area contributed by atoms with Crippen molar-refractivity contribution in [3.63, 3.8) is 0 Å². The van der Waals surface area contributed by atoms with Crippen LogP contribution in [0.5, 0.6) is 11.5 Å². The van der Waals surface area contributed by atoms with Crippen molar-refractivity contribution in [2.45, 2.75) is 13.5 Å². The van der Waals surface area contributed by atoms with E-state index in [0.29, 0.717) is 42.4 Å². The molecule has 0 unspecified atom stereocenters. The van der Waals surface area contributed by atoms with Gasteiger partial charge in [0.2, 0.25) is 0 Å². The Morgan fingerprint density at radius 1 is 1.03 bits per heavy atom. The number of benzene rings is 2. The minimum absolute atomic E-state index is 0.190. The predicted molar refractivity (Wildman–Crippen MR) is 112 cm³/mol. The maximum atomic E-state index is 9.47. The Hall–Kier alpha value is -3.07. The first-order valence-electron chi connectivity index (χ1n) is 9.12. The van der Waals surface area contributed by atoms with Gasteiger partial charge < -0.3 is 14.2 Å². The number of nitriles is 1. The second kappa shape index (κ2) is 9.92. The molecule has 0 aliphatic rings. The van der Waals surface area contributed by atoms with Crippen LogP contribution in [0.1, 0.15) is 16.8 Å². The maximum Gasteiger partial charge on any atom is 0.161 e. The van der Waals surface area contributed by atoms with Crippen molar-refractivity contribution >= 4 is 11.6 Å². The van der Waals surface area contributed by atoms with Crippen LogP contribution in [0.2, 0.25) is 5.15 Å². The first kappa shape index (κ1) is 20.7. The van der Waals surface area contributed by atoms with Crippen LogP contribution in [0.4, 0.5) is 0 Å². The van der Waals surface area contributed by atoms with Crippen molar-refractivity contribution in [2.24, 2.45) is 0 Å². The summed E-state index contributed by atoms with van der Waals surface area (Å²) in [6.45, 7) is 3.17. The Bertz CT molecular complexity index is 1020. The Kier molecular flexibility index (Phi) is 7.07. The van der Waals surface area contributed by atoms with Gasteiger partial charge in [0.25, 0.3) is 0 Å². The normalized spacial score (nSPS) is 10.4. The van der Waals surface area contributed by atoms with Gasteiger partial charge in [-0.2, -0.15) is 5.26 Å². The Labute approximate surface area is 175 Å². The van der Waals surface area contributed by atoms with Gasteiger partial charge in [0.1, 0.15) is 17.8 Å². The van der Waals surface area contributed by atoms with E-state index >= 15 is 0 Å². The minimum atomic E-state index is 0.190. The smallest absolute Gasteiger partial charge is 0.161 e. The minimum Gasteiger partial charge on any atom is -0.493 e. The highest BCUT2D eigenvalue weighted by molar-refractivity contribution is 6.31. The van der Waals surface area contributed by atoms with E-state index in [1.807, 2.05) is 55.5 Å². The molecule has 0 spiro atoms. The summed E-state index contributed by atoms with van der Waals surface area (Å²) in [7, 11) is 1.59. The van der Waals surface area contributed by atoms with Crippen LogP contribution >= 0.6 is 11.6 Å². The van der Waals surface area contributed by atoms with Gasteiger partial charge in [0.05, 0.1) is 25.9 Å². The van der Waals surface area contributed by atoms with Gasteiger partial charge in [-0.15, -0.1) is 0 Å². The summed E-state index contributed by atoms with van der Waals surface area (Å²) in [4.78, 5) is 4.15. The molecule has 1 aromatic heterocycles. The summed E-state index contributed by atoms with van der Waals surface area (Å²) in [6.07, 6.45) is 0. The summed E-state index contributed by atoms with van der Waals surface area (Å²) in [5.74, 6) is 1.18. The van der Waals surface area contributed by atoms with Gasteiger partial charge in [-0.25, -0.2) is 4.98 Å². The number of pyridine rings is 1. The molecular weight excluding hydrogens is 388 g/mol. The number of hydrogen-bond acceptors (Lipinski definition) is 5. The van der Waals surface area contributed by atoms with Crippen LogP contribution in [0.3, 0.4) is 0 Å². The molecule has 2 aromatic carbocycles. The lowest BCUT2D eigenvalue weighted by atomic mass is 10.0. The van der Waals surface area contributed by atoms with E-state index in [1.165, 1.54) is 0 Å². The van der Waals surface area contributed by atoms with Gasteiger partial charge in [0, 0.05) is 11.3 Å². The molecule has 3 aromatic rings. The maximum absolute atomic E-state index is 9.47. The largest absolute Gasteiger partial charge is 0.493 e. The van der Waals surface area contributed by atoms with E-state index in [2.05, 4.69) is 11.1 Å². The average molecular weight is 409 g/mol. The fraction of sp³-hybridized carbons (Fsp3) is 0.217. The third kappa shape index (κ3) is 5.26. The zero-order valence-corrected chi connectivity index (χ0v) is 17.1. The molecule has 0 amide bonds. The first-order chi connectivity index (χ1) is 14.1. The monoisotopic (exact) mass is 408 g/mol. The predicted octanol–water partition coefficient (Wildman–Crippen LogP) is 5.19. The number of rotatable bonds is 8. The zero-order valence-electron chi connectivity index (χ0n) is 16.3. The lowest BCUT2D eigenvalue weighted by Gasteiger charge is -2.14. The highest BCUT2D eigenvalue weighted by Gasteiger charge is 2.14. The van der Waals surface area contributed by atoms with Gasteiger partial charge in [-0.1, -0.05) is 48.0 Å². The topological polar surface area (TPSA) is 64.4 Å². The molecule has 0 saturated carbocycles. The second-order valence-corrected chi connectivity index (χ2v) is 6.70. The summed E-state index contributed by atoms with van der Waals surface area (Å²) in [5, 5.41) is 9.66. The Balaban J connectivity index is 1.72. The fourth-order valence-electron chi connectivity index (χ4n) is 2.90. The first-order valence-corrected chi connectivity index (χ1v) is 9.50. The average Bonchev–Trinajstić information content (AvgIpc) is 2.73. The van der Waals surface area contributed by atoms with E-state index in [-0.39, 0.29) is 5.15 Å². The zero-order chi connectivity index (χ0) is 20.6. The van der Waals surface area contributed by atoms with Crippen molar-refractivity contribution in [1.29, 1.82) is 5.26 Å². The molecular formula is C23H21ClN2O3. The molecule has 0 atom stereocenters. The quantitative estimate of drug-likeness (QED) is 0.379. The van der Waals surface area contributed by atoms with E-state index in [9.17, 15) is 5.26 Å². The van der Waals surface area contributed by atoms with E-state index in [1.54, 1.807) is 13.2 Å². The summed E-state index contributed by atoms with van der Waals surface area (Å²) >= 11 is 6.15. The van der Waals surface area contributed by atoms with Gasteiger partial charge >= 0.3 is 0 Å². The van der Waals surface area contributed by atoms with Crippen LogP contribution in [0, 0.1) is 18.3 Å². The standard InChI is InChI=1S/C23H21ClN2O3/c1-16-12-19(20(14-25)23(24)26-16)18-8-9-21(27-2)22(13-18)29-11-10-28-15-17-6-4-3-5-7-17/h3-9,12-13H,10-11,15H2,1-2H3. The van der Waals surface area contributed by atoms with Gasteiger partial charge in [0.15, 0.2) is 11.5 Å². The molecule has 1 heterocycles. The highest BCUT2D eigenvalue weighted by Crippen LogP contribution is 2.35. The van der Waals surface area contributed by atoms with E-state index in [4.69, 9.17) is 25.8 Å². The molecule has 3 rings (SSSR count). The number of aryl methyl sites for hydroxylation is 1. The number of aromatic nitrogens is 1. The molecule has 0 saturated heterocycles. The molecule has 0 bridgehead atoms. The fourth-order valence-corrected chi connectivity index (χ4v) is 3.18. The highest BCUT2D eigenvalue weighted by atomic mass is 35.5. The summed E-state index contributed by atoms with van der Waals surface area (Å²) in [6, 6.07) is 19.4. The molecule has 0 fully saturated rings. The molecule has 0 aliphatic heterocycles. The van der Waals surface area contributed by atoms with E-state index in [0.717, 1.165) is 16.8 Å². The molecule has 0 N–H and O–H groups in total. The van der Waals surface area contributed by atoms with Crippen molar-refractivity contribution in [3.05, 3.63) is 76.6 Å². The van der Waals surface area contributed by atoms with Crippen molar-refractivity contribution in [3.8, 4) is 28.7 Å². The molecule has 148 valence electrons. The number of nitrogens with zero attached hydrogens (tertiary/aromatic N) is 2. The van der Waals surface area contributed by atoms with E-state index < -0.39 is 0 Å². The van der Waals surface area contributed by atoms with Gasteiger partial charge in [-0.3, -0.25) is 0 Å². The molecule has 29 heavy (non-hydrogen) atoms. The summed E-state index contributed by atoms with van der Waals surface area (Å²) in [5.41, 5.74) is 3.69. The second-order valence-electron chi connectivity index (χ2n) is 6.34. The number of hydrogen-bond donors (Lipinski definition) is 0. The third-order valence-corrected chi connectivity index (χ3v) is 4.56. The van der Waals surface area contributed by atoms with Crippen LogP contribution in [-0.2, 0) is 11.3 Å². The molecule has 5 nitrogen and oxygen atoms in total. The summed E-state index contributed by atoms with van der Waals surface area (Å²) < 4.78 is 16.9. The molecule has 0 aliphatic carbocycles. The lowest BCUT2D eigenvalue weighted by molar-refractivity contribution is 0.0880. The number of halogens is 1. The van der Waals surface area contributed by atoms with Crippen LogP contribution in [-0.4, -0.2) is 25.3 Å². The number of methoxy groups -OCH3 is 1. The Morgan fingerprint density at radius 3 is 2.55 bits per heavy atom. The third-order valence-electron chi connectivity index (χ3n) is 4.29. The molecule has 0 radical (unpaired) electrons. The SMILES string of the molecule is COc1ccc(-c2cc(C)nc(Cl)c2C#N)cc1OCCOCc1ccccc1. The lowest BCUT2D eigenvalue weighted by Crippen LogP contribution is -2.07. The van der Waals surface area contributed by atoms with Crippen LogP contribution < -0.4 is 9.47 Å². The van der Waals surface area contributed by atoms with Crippen molar-refractivity contribution in [1.82, 2.24) is 4.98 Å².